The summed E-state index contributed by atoms with van der Waals surface area (Å²) < 4.78 is 21.8. The summed E-state index contributed by atoms with van der Waals surface area (Å²) >= 11 is 0. The first-order valence-corrected chi connectivity index (χ1v) is 9.14. The lowest BCUT2D eigenvalue weighted by Gasteiger charge is -2.16. The van der Waals surface area contributed by atoms with Gasteiger partial charge in [-0.25, -0.2) is 0 Å². The number of carbonyl (C=O) groups is 1. The molecule has 0 unspecified atom stereocenters. The molecular weight excluding hydrogens is 372 g/mol. The van der Waals surface area contributed by atoms with Gasteiger partial charge < -0.3 is 24.3 Å². The lowest BCUT2D eigenvalue weighted by atomic mass is 10.1. The molecule has 3 aromatic rings. The van der Waals surface area contributed by atoms with Gasteiger partial charge in [0.05, 0.1) is 33.1 Å². The number of nitrogens with one attached hydrogen (secondary N) is 1. The summed E-state index contributed by atoms with van der Waals surface area (Å²) in [5.41, 5.74) is 1.69. The second-order valence-electron chi connectivity index (χ2n) is 6.55. The predicted molar refractivity (Wildman–Crippen MR) is 112 cm³/mol. The summed E-state index contributed by atoms with van der Waals surface area (Å²) in [5, 5.41) is 3.72. The molecule has 0 spiro atoms. The van der Waals surface area contributed by atoms with Gasteiger partial charge in [0.2, 0.25) is 5.75 Å². The number of pyridine rings is 1. The number of fused-ring (bicyclic) bond motifs is 1. The summed E-state index contributed by atoms with van der Waals surface area (Å²) in [5.74, 6) is 1.60. The van der Waals surface area contributed by atoms with Crippen molar-refractivity contribution in [2.24, 2.45) is 0 Å². The van der Waals surface area contributed by atoms with E-state index in [-0.39, 0.29) is 12.0 Å². The molecule has 152 valence electrons. The Morgan fingerprint density at radius 1 is 0.966 bits per heavy atom. The fourth-order valence-electron chi connectivity index (χ4n) is 3.01. The van der Waals surface area contributed by atoms with E-state index in [1.165, 1.54) is 21.3 Å². The average Bonchev–Trinajstić information content (AvgIpc) is 2.73. The van der Waals surface area contributed by atoms with Crippen molar-refractivity contribution in [1.82, 2.24) is 4.98 Å². The van der Waals surface area contributed by atoms with E-state index in [4.69, 9.17) is 18.9 Å². The van der Waals surface area contributed by atoms with Gasteiger partial charge in [-0.05, 0) is 50.2 Å². The molecular formula is C22H24N2O5. The number of benzene rings is 2. The Bertz CT molecular complexity index is 1010. The maximum Gasteiger partial charge on any atom is 0.255 e. The Morgan fingerprint density at radius 2 is 1.66 bits per heavy atom. The molecule has 1 heterocycles. The summed E-state index contributed by atoms with van der Waals surface area (Å²) in [6.07, 6.45) is 1.71. The lowest BCUT2D eigenvalue weighted by molar-refractivity contribution is 0.102. The quantitative estimate of drug-likeness (QED) is 0.641. The molecule has 0 saturated heterocycles. The van der Waals surface area contributed by atoms with Gasteiger partial charge in [-0.1, -0.05) is 0 Å². The maximum atomic E-state index is 12.9. The minimum atomic E-state index is -0.313. The first-order valence-electron chi connectivity index (χ1n) is 9.14. The average molecular weight is 396 g/mol. The maximum absolute atomic E-state index is 12.9. The van der Waals surface area contributed by atoms with E-state index in [9.17, 15) is 4.79 Å². The van der Waals surface area contributed by atoms with E-state index in [0.717, 1.165) is 5.39 Å². The first-order chi connectivity index (χ1) is 14.0. The molecule has 7 nitrogen and oxygen atoms in total. The third-order valence-electron chi connectivity index (χ3n) is 4.27. The normalized spacial score (nSPS) is 10.7. The van der Waals surface area contributed by atoms with Crippen LogP contribution in [0.4, 0.5) is 5.69 Å². The van der Waals surface area contributed by atoms with E-state index in [1.54, 1.807) is 30.5 Å². The monoisotopic (exact) mass is 396 g/mol. The van der Waals surface area contributed by atoms with Gasteiger partial charge in [0.25, 0.3) is 5.91 Å². The molecule has 2 aromatic carbocycles. The van der Waals surface area contributed by atoms with Gasteiger partial charge in [-0.3, -0.25) is 9.78 Å². The second kappa shape index (κ2) is 8.68. The summed E-state index contributed by atoms with van der Waals surface area (Å²) in [6.45, 7) is 3.91. The minimum Gasteiger partial charge on any atom is -0.493 e. The smallest absolute Gasteiger partial charge is 0.255 e. The van der Waals surface area contributed by atoms with E-state index < -0.39 is 0 Å². The van der Waals surface area contributed by atoms with Crippen molar-refractivity contribution < 1.29 is 23.7 Å². The van der Waals surface area contributed by atoms with Gasteiger partial charge in [0.15, 0.2) is 11.5 Å². The SMILES string of the molecule is COc1cc(C(=O)Nc2ccc(OC(C)C)c3ncccc23)cc(OC)c1OC. The zero-order chi connectivity index (χ0) is 21.0. The van der Waals surface area contributed by atoms with Crippen molar-refractivity contribution in [2.75, 3.05) is 26.6 Å². The van der Waals surface area contributed by atoms with Crippen molar-refractivity contribution in [2.45, 2.75) is 20.0 Å². The van der Waals surface area contributed by atoms with E-state index in [0.29, 0.717) is 39.8 Å². The summed E-state index contributed by atoms with van der Waals surface area (Å²) in [6, 6.07) is 10.5. The fraction of sp³-hybridized carbons (Fsp3) is 0.273. The van der Waals surface area contributed by atoms with Crippen LogP contribution in [0.2, 0.25) is 0 Å². The highest BCUT2D eigenvalue weighted by Gasteiger charge is 2.18. The first kappa shape index (κ1) is 20.3. The number of anilines is 1. The molecule has 0 atom stereocenters. The highest BCUT2D eigenvalue weighted by Crippen LogP contribution is 2.38. The Kier molecular flexibility index (Phi) is 6.07. The number of ether oxygens (including phenoxy) is 4. The second-order valence-corrected chi connectivity index (χ2v) is 6.55. The van der Waals surface area contributed by atoms with Crippen LogP contribution in [0.5, 0.6) is 23.0 Å². The number of amides is 1. The zero-order valence-corrected chi connectivity index (χ0v) is 17.1. The lowest BCUT2D eigenvalue weighted by Crippen LogP contribution is -2.13. The molecule has 0 aliphatic heterocycles. The number of hydrogen-bond donors (Lipinski definition) is 1. The summed E-state index contributed by atoms with van der Waals surface area (Å²) in [7, 11) is 4.53. The van der Waals surface area contributed by atoms with Crippen LogP contribution in [0, 0.1) is 0 Å². The molecule has 0 radical (unpaired) electrons. The third kappa shape index (κ3) is 4.18. The molecule has 0 aliphatic rings. The van der Waals surface area contributed by atoms with Crippen LogP contribution in [-0.2, 0) is 0 Å². The number of nitrogens with zero attached hydrogens (tertiary/aromatic N) is 1. The Hall–Kier alpha value is -3.48. The molecule has 29 heavy (non-hydrogen) atoms. The highest BCUT2D eigenvalue weighted by atomic mass is 16.5. The zero-order valence-electron chi connectivity index (χ0n) is 17.1. The topological polar surface area (TPSA) is 78.9 Å². The van der Waals surface area contributed by atoms with Gasteiger partial charge in [-0.15, -0.1) is 0 Å². The molecule has 7 heteroatoms. The molecule has 1 amide bonds. The van der Waals surface area contributed by atoms with Crippen LogP contribution in [0.1, 0.15) is 24.2 Å². The number of aromatic nitrogens is 1. The van der Waals surface area contributed by atoms with Crippen LogP contribution in [0.3, 0.4) is 0 Å². The van der Waals surface area contributed by atoms with Gasteiger partial charge in [0, 0.05) is 17.1 Å². The molecule has 0 aliphatic carbocycles. The molecule has 0 bridgehead atoms. The molecule has 1 aromatic heterocycles. The Labute approximate surface area is 169 Å². The number of hydrogen-bond acceptors (Lipinski definition) is 6. The van der Waals surface area contributed by atoms with E-state index in [1.807, 2.05) is 26.0 Å². The number of carbonyl (C=O) groups excluding carboxylic acids is 1. The molecule has 1 N–H and O–H groups in total. The summed E-state index contributed by atoms with van der Waals surface area (Å²) in [4.78, 5) is 17.4. The highest BCUT2D eigenvalue weighted by molar-refractivity contribution is 6.10. The number of rotatable bonds is 7. The van der Waals surface area contributed by atoms with Crippen molar-refractivity contribution >= 4 is 22.5 Å². The van der Waals surface area contributed by atoms with Crippen LogP contribution >= 0.6 is 0 Å². The van der Waals surface area contributed by atoms with Crippen molar-refractivity contribution in [3.8, 4) is 23.0 Å². The predicted octanol–water partition coefficient (Wildman–Crippen LogP) is 4.30. The standard InChI is InChI=1S/C22H24N2O5/c1-13(2)29-17-9-8-16(15-7-6-10-23-20(15)17)24-22(25)14-11-18(26-3)21(28-5)19(12-14)27-4/h6-13H,1-5H3,(H,24,25). The van der Waals surface area contributed by atoms with Crippen molar-refractivity contribution in [1.29, 1.82) is 0 Å². The van der Waals surface area contributed by atoms with E-state index >= 15 is 0 Å². The van der Waals surface area contributed by atoms with Crippen molar-refractivity contribution in [3.63, 3.8) is 0 Å². The Balaban J connectivity index is 1.99. The molecule has 0 saturated carbocycles. The van der Waals surface area contributed by atoms with Crippen LogP contribution in [0.15, 0.2) is 42.6 Å². The molecule has 0 fully saturated rings. The van der Waals surface area contributed by atoms with E-state index in [2.05, 4.69) is 10.3 Å². The minimum absolute atomic E-state index is 0.0138. The Morgan fingerprint density at radius 3 is 2.24 bits per heavy atom. The largest absolute Gasteiger partial charge is 0.493 e. The van der Waals surface area contributed by atoms with Gasteiger partial charge >= 0.3 is 0 Å². The molecule has 3 rings (SSSR count). The van der Waals surface area contributed by atoms with Crippen LogP contribution in [-0.4, -0.2) is 38.3 Å². The number of methoxy groups -OCH3 is 3. The van der Waals surface area contributed by atoms with Crippen molar-refractivity contribution in [3.05, 3.63) is 48.2 Å². The van der Waals surface area contributed by atoms with Crippen LogP contribution in [0.25, 0.3) is 10.9 Å². The fourth-order valence-corrected chi connectivity index (χ4v) is 3.01. The third-order valence-corrected chi connectivity index (χ3v) is 4.27. The van der Waals surface area contributed by atoms with Crippen LogP contribution < -0.4 is 24.3 Å². The van der Waals surface area contributed by atoms with Gasteiger partial charge in [-0.2, -0.15) is 0 Å². The van der Waals surface area contributed by atoms with Gasteiger partial charge in [0.1, 0.15) is 11.3 Å².